The third kappa shape index (κ3) is 2.72. The predicted molar refractivity (Wildman–Crippen MR) is 60.3 cm³/mol. The number of amides is 1. The number of carboxylic acid groups (broad SMARTS) is 1. The number of carbonyl (C=O) groups is 2. The number of carbonyl (C=O) groups excluding carboxylic acids is 1. The molecule has 0 aliphatic heterocycles. The molecule has 4 N–H and O–H groups in total. The highest BCUT2D eigenvalue weighted by Gasteiger charge is 2.23. The first kappa shape index (κ1) is 13.8. The van der Waals surface area contributed by atoms with Crippen LogP contribution in [0.25, 0.3) is 0 Å². The summed E-state index contributed by atoms with van der Waals surface area (Å²) in [4.78, 5) is 33.9. The van der Waals surface area contributed by atoms with Crippen LogP contribution in [0, 0.1) is 13.8 Å². The fourth-order valence-corrected chi connectivity index (χ4v) is 1.31. The van der Waals surface area contributed by atoms with Crippen molar-refractivity contribution in [3.05, 3.63) is 27.2 Å². The number of aliphatic hydroxyl groups is 1. The number of nitrogens with zero attached hydrogens (tertiary/aromatic N) is 1. The highest BCUT2D eigenvalue weighted by molar-refractivity contribution is 5.97. The van der Waals surface area contributed by atoms with Gasteiger partial charge in [0.25, 0.3) is 11.5 Å². The maximum atomic E-state index is 11.8. The van der Waals surface area contributed by atoms with Gasteiger partial charge in [-0.3, -0.25) is 9.59 Å². The number of nitrogens with one attached hydrogen (secondary N) is 2. The van der Waals surface area contributed by atoms with Crippen molar-refractivity contribution in [2.24, 2.45) is 0 Å². The van der Waals surface area contributed by atoms with Crippen molar-refractivity contribution in [3.8, 4) is 0 Å². The quantitative estimate of drug-likeness (QED) is 0.521. The molecule has 18 heavy (non-hydrogen) atoms. The molecule has 0 aliphatic carbocycles. The smallest absolute Gasteiger partial charge is 0.328 e. The molecule has 98 valence electrons. The molecule has 0 saturated carbocycles. The largest absolute Gasteiger partial charge is 0.480 e. The van der Waals surface area contributed by atoms with E-state index < -0.39 is 30.1 Å². The van der Waals surface area contributed by atoms with E-state index in [-0.39, 0.29) is 5.56 Å². The van der Waals surface area contributed by atoms with Gasteiger partial charge in [-0.25, -0.2) is 9.89 Å². The topological polar surface area (TPSA) is 132 Å². The van der Waals surface area contributed by atoms with E-state index in [0.29, 0.717) is 11.3 Å². The molecule has 8 nitrogen and oxygen atoms in total. The molecule has 1 amide bonds. The van der Waals surface area contributed by atoms with Gasteiger partial charge >= 0.3 is 5.97 Å². The summed E-state index contributed by atoms with van der Waals surface area (Å²) in [5.41, 5.74) is -0.103. The number of aliphatic carboxylic acids is 1. The molecule has 1 atom stereocenters. The zero-order chi connectivity index (χ0) is 13.9. The summed E-state index contributed by atoms with van der Waals surface area (Å²) in [7, 11) is 0. The van der Waals surface area contributed by atoms with Gasteiger partial charge in [-0.05, 0) is 19.4 Å². The van der Waals surface area contributed by atoms with E-state index in [2.05, 4.69) is 15.5 Å². The molecule has 8 heteroatoms. The first-order valence-corrected chi connectivity index (χ1v) is 5.09. The van der Waals surface area contributed by atoms with Crippen molar-refractivity contribution >= 4 is 11.9 Å². The van der Waals surface area contributed by atoms with Crippen molar-refractivity contribution in [2.75, 3.05) is 6.61 Å². The zero-order valence-corrected chi connectivity index (χ0v) is 9.85. The predicted octanol–water partition coefficient (Wildman–Crippen LogP) is -1.44. The Balaban J connectivity index is 3.09. The Bertz CT molecular complexity index is 537. The normalized spacial score (nSPS) is 11.9. The number of H-pyrrole nitrogens is 1. The van der Waals surface area contributed by atoms with Crippen molar-refractivity contribution in [3.63, 3.8) is 0 Å². The van der Waals surface area contributed by atoms with Gasteiger partial charge in [0.15, 0.2) is 6.04 Å². The fraction of sp³-hybridized carbons (Fsp3) is 0.400. The number of hydrogen-bond donors (Lipinski definition) is 4. The van der Waals surface area contributed by atoms with Crippen LogP contribution >= 0.6 is 0 Å². The van der Waals surface area contributed by atoms with Crippen molar-refractivity contribution in [1.82, 2.24) is 15.5 Å². The van der Waals surface area contributed by atoms with Gasteiger partial charge in [0.1, 0.15) is 5.56 Å². The van der Waals surface area contributed by atoms with E-state index >= 15 is 0 Å². The summed E-state index contributed by atoms with van der Waals surface area (Å²) in [6.07, 6.45) is 0. The first-order chi connectivity index (χ1) is 8.38. The first-order valence-electron chi connectivity index (χ1n) is 5.09. The second-order valence-corrected chi connectivity index (χ2v) is 3.69. The Morgan fingerprint density at radius 3 is 2.56 bits per heavy atom. The zero-order valence-electron chi connectivity index (χ0n) is 9.85. The fourth-order valence-electron chi connectivity index (χ4n) is 1.31. The third-order valence-corrected chi connectivity index (χ3v) is 2.48. The monoisotopic (exact) mass is 255 g/mol. The van der Waals surface area contributed by atoms with E-state index in [9.17, 15) is 14.4 Å². The van der Waals surface area contributed by atoms with Crippen LogP contribution in [0.1, 0.15) is 21.6 Å². The van der Waals surface area contributed by atoms with Gasteiger partial charge in [0, 0.05) is 0 Å². The molecule has 0 bridgehead atoms. The van der Waals surface area contributed by atoms with Crippen LogP contribution in [-0.4, -0.2) is 44.9 Å². The highest BCUT2D eigenvalue weighted by Crippen LogP contribution is 2.05. The Hall–Kier alpha value is -2.22. The van der Waals surface area contributed by atoms with E-state index in [1.54, 1.807) is 6.92 Å². The minimum Gasteiger partial charge on any atom is -0.480 e. The lowest BCUT2D eigenvalue weighted by Crippen LogP contribution is -2.45. The van der Waals surface area contributed by atoms with Gasteiger partial charge in [-0.1, -0.05) is 0 Å². The van der Waals surface area contributed by atoms with Crippen LogP contribution in [0.2, 0.25) is 0 Å². The van der Waals surface area contributed by atoms with E-state index in [0.717, 1.165) is 0 Å². The van der Waals surface area contributed by atoms with Crippen LogP contribution < -0.4 is 10.9 Å². The van der Waals surface area contributed by atoms with E-state index in [1.807, 2.05) is 0 Å². The number of aryl methyl sites for hydroxylation is 1. The Kier molecular flexibility index (Phi) is 4.16. The van der Waals surface area contributed by atoms with E-state index in [4.69, 9.17) is 10.2 Å². The lowest BCUT2D eigenvalue weighted by Gasteiger charge is -2.12. The second kappa shape index (κ2) is 5.41. The maximum Gasteiger partial charge on any atom is 0.328 e. The van der Waals surface area contributed by atoms with Gasteiger partial charge < -0.3 is 15.5 Å². The van der Waals surface area contributed by atoms with Gasteiger partial charge in [0.2, 0.25) is 0 Å². The number of aromatic nitrogens is 2. The number of hydrogen-bond acceptors (Lipinski definition) is 5. The summed E-state index contributed by atoms with van der Waals surface area (Å²) in [6.45, 7) is 2.37. The standard InChI is InChI=1S/C10H13N3O5/c1-4-5(2)12-13-9(16)7(4)8(15)11-6(3-14)10(17)18/h6,14H,3H2,1-2H3,(H,11,15)(H,13,16)(H,17,18). The van der Waals surface area contributed by atoms with Crippen LogP contribution in [0.15, 0.2) is 4.79 Å². The third-order valence-electron chi connectivity index (χ3n) is 2.48. The maximum absolute atomic E-state index is 11.8. The number of aromatic amines is 1. The molecule has 1 aromatic rings. The average Bonchev–Trinajstić information content (AvgIpc) is 2.31. The average molecular weight is 255 g/mol. The molecule has 0 saturated heterocycles. The molecular formula is C10H13N3O5. The number of carboxylic acids is 1. The minimum atomic E-state index is -1.45. The number of aliphatic hydroxyl groups excluding tert-OH is 1. The van der Waals surface area contributed by atoms with Gasteiger partial charge in [-0.15, -0.1) is 0 Å². The lowest BCUT2D eigenvalue weighted by molar-refractivity contribution is -0.140. The molecular weight excluding hydrogens is 242 g/mol. The minimum absolute atomic E-state index is 0.206. The van der Waals surface area contributed by atoms with Gasteiger partial charge in [-0.2, -0.15) is 5.10 Å². The Labute approximate surface area is 102 Å². The molecule has 0 aromatic carbocycles. The molecule has 1 unspecified atom stereocenters. The molecule has 1 heterocycles. The lowest BCUT2D eigenvalue weighted by atomic mass is 10.1. The Morgan fingerprint density at radius 2 is 2.06 bits per heavy atom. The molecule has 1 aromatic heterocycles. The molecule has 0 aliphatic rings. The van der Waals surface area contributed by atoms with Crippen molar-refractivity contribution < 1.29 is 19.8 Å². The second-order valence-electron chi connectivity index (χ2n) is 3.69. The molecule has 1 rings (SSSR count). The summed E-state index contributed by atoms with van der Waals surface area (Å²) in [5.74, 6) is -2.24. The Morgan fingerprint density at radius 1 is 1.44 bits per heavy atom. The van der Waals surface area contributed by atoms with E-state index in [1.165, 1.54) is 6.92 Å². The summed E-state index contributed by atoms with van der Waals surface area (Å²) in [6, 6.07) is -1.45. The summed E-state index contributed by atoms with van der Waals surface area (Å²) in [5, 5.41) is 25.3. The molecule has 0 radical (unpaired) electrons. The van der Waals surface area contributed by atoms with Gasteiger partial charge in [0.05, 0.1) is 12.3 Å². The van der Waals surface area contributed by atoms with Crippen molar-refractivity contribution in [2.45, 2.75) is 19.9 Å². The van der Waals surface area contributed by atoms with Crippen LogP contribution in [0.3, 0.4) is 0 Å². The summed E-state index contributed by atoms with van der Waals surface area (Å²) < 4.78 is 0. The van der Waals surface area contributed by atoms with Crippen LogP contribution in [-0.2, 0) is 4.79 Å². The highest BCUT2D eigenvalue weighted by atomic mass is 16.4. The molecule has 0 spiro atoms. The van der Waals surface area contributed by atoms with Crippen LogP contribution in [0.4, 0.5) is 0 Å². The number of rotatable bonds is 4. The summed E-state index contributed by atoms with van der Waals surface area (Å²) >= 11 is 0. The SMILES string of the molecule is Cc1n[nH]c(=O)c(C(=O)NC(CO)C(=O)O)c1C. The molecule has 0 fully saturated rings. The van der Waals surface area contributed by atoms with Crippen molar-refractivity contribution in [1.29, 1.82) is 0 Å². The van der Waals surface area contributed by atoms with Crippen LogP contribution in [0.5, 0.6) is 0 Å².